The molecule has 0 amide bonds. The summed E-state index contributed by atoms with van der Waals surface area (Å²) in [5, 5.41) is 9.37. The SMILES string of the molecule is COc1cc(F)c(Cl)c(CC(C)=O)c1O. The number of benzene rings is 1. The van der Waals surface area contributed by atoms with Crippen LogP contribution in [0.3, 0.4) is 0 Å². The summed E-state index contributed by atoms with van der Waals surface area (Å²) in [6, 6.07) is 0.974. The molecule has 0 saturated carbocycles. The van der Waals surface area contributed by atoms with Gasteiger partial charge < -0.3 is 9.84 Å². The number of hydrogen-bond acceptors (Lipinski definition) is 3. The van der Waals surface area contributed by atoms with Crippen LogP contribution in [0.1, 0.15) is 12.5 Å². The van der Waals surface area contributed by atoms with E-state index in [2.05, 4.69) is 0 Å². The second-order valence-corrected chi connectivity index (χ2v) is 3.46. The molecule has 0 aromatic heterocycles. The number of ketones is 1. The number of phenolic OH excluding ortho intramolecular Hbond substituents is 1. The molecule has 0 aliphatic rings. The number of Topliss-reactive ketones (excluding diaryl/α,β-unsaturated/α-hetero) is 1. The van der Waals surface area contributed by atoms with E-state index in [0.29, 0.717) is 0 Å². The van der Waals surface area contributed by atoms with E-state index in [1.54, 1.807) is 0 Å². The van der Waals surface area contributed by atoms with Crippen molar-refractivity contribution in [1.82, 2.24) is 0 Å². The summed E-state index contributed by atoms with van der Waals surface area (Å²) < 4.78 is 18.0. The minimum atomic E-state index is -0.720. The first kappa shape index (κ1) is 11.8. The zero-order valence-corrected chi connectivity index (χ0v) is 9.06. The Balaban J connectivity index is 3.33. The summed E-state index contributed by atoms with van der Waals surface area (Å²) in [6.07, 6.45) is -0.126. The van der Waals surface area contributed by atoms with Crippen molar-refractivity contribution in [2.45, 2.75) is 13.3 Å². The number of ether oxygens (including phenoxy) is 1. The van der Waals surface area contributed by atoms with Gasteiger partial charge in [0.25, 0.3) is 0 Å². The first-order chi connectivity index (χ1) is 6.97. The van der Waals surface area contributed by atoms with Gasteiger partial charge in [0.1, 0.15) is 11.6 Å². The van der Waals surface area contributed by atoms with Crippen LogP contribution < -0.4 is 4.74 Å². The van der Waals surface area contributed by atoms with Crippen molar-refractivity contribution in [3.63, 3.8) is 0 Å². The molecule has 0 aliphatic heterocycles. The van der Waals surface area contributed by atoms with E-state index >= 15 is 0 Å². The van der Waals surface area contributed by atoms with Crippen LogP contribution in [-0.4, -0.2) is 18.0 Å². The van der Waals surface area contributed by atoms with Gasteiger partial charge in [-0.2, -0.15) is 0 Å². The highest BCUT2D eigenvalue weighted by Crippen LogP contribution is 2.37. The van der Waals surface area contributed by atoms with Gasteiger partial charge in [-0.05, 0) is 6.92 Å². The highest BCUT2D eigenvalue weighted by Gasteiger charge is 2.18. The summed E-state index contributed by atoms with van der Waals surface area (Å²) in [4.78, 5) is 10.9. The van der Waals surface area contributed by atoms with Crippen LogP contribution in [0.15, 0.2) is 6.07 Å². The second-order valence-electron chi connectivity index (χ2n) is 3.08. The fourth-order valence-electron chi connectivity index (χ4n) is 1.21. The molecule has 0 fully saturated rings. The van der Waals surface area contributed by atoms with E-state index in [1.165, 1.54) is 14.0 Å². The average Bonchev–Trinajstić information content (AvgIpc) is 2.18. The average molecular weight is 233 g/mol. The van der Waals surface area contributed by atoms with Gasteiger partial charge >= 0.3 is 0 Å². The maximum atomic E-state index is 13.2. The lowest BCUT2D eigenvalue weighted by Gasteiger charge is -2.10. The smallest absolute Gasteiger partial charge is 0.163 e. The van der Waals surface area contributed by atoms with E-state index < -0.39 is 5.82 Å². The van der Waals surface area contributed by atoms with Crippen LogP contribution in [0.25, 0.3) is 0 Å². The molecule has 15 heavy (non-hydrogen) atoms. The fourth-order valence-corrected chi connectivity index (χ4v) is 1.42. The molecular weight excluding hydrogens is 223 g/mol. The van der Waals surface area contributed by atoms with Crippen LogP contribution >= 0.6 is 11.6 Å². The summed E-state index contributed by atoms with van der Waals surface area (Å²) in [5.74, 6) is -1.27. The molecular formula is C10H10ClFO3. The standard InChI is InChI=1S/C10H10ClFO3/c1-5(13)3-6-9(11)7(12)4-8(15-2)10(6)14/h4,14H,3H2,1-2H3. The Hall–Kier alpha value is -1.29. The lowest BCUT2D eigenvalue weighted by atomic mass is 10.1. The van der Waals surface area contributed by atoms with Gasteiger partial charge in [0.05, 0.1) is 12.1 Å². The van der Waals surface area contributed by atoms with Crippen LogP contribution in [-0.2, 0) is 11.2 Å². The van der Waals surface area contributed by atoms with Crippen molar-refractivity contribution in [3.8, 4) is 11.5 Å². The van der Waals surface area contributed by atoms with Crippen molar-refractivity contribution in [3.05, 3.63) is 22.5 Å². The second kappa shape index (κ2) is 4.49. The molecule has 1 aromatic carbocycles. The molecule has 0 unspecified atom stereocenters. The maximum Gasteiger partial charge on any atom is 0.163 e. The Labute approximate surface area is 91.4 Å². The highest BCUT2D eigenvalue weighted by molar-refractivity contribution is 6.32. The van der Waals surface area contributed by atoms with E-state index in [-0.39, 0.29) is 34.3 Å². The minimum absolute atomic E-state index is 0.0341. The predicted octanol–water partition coefficient (Wildman–Crippen LogP) is 2.32. The minimum Gasteiger partial charge on any atom is -0.504 e. The van der Waals surface area contributed by atoms with E-state index in [9.17, 15) is 14.3 Å². The van der Waals surface area contributed by atoms with E-state index in [4.69, 9.17) is 16.3 Å². The first-order valence-electron chi connectivity index (χ1n) is 4.20. The Bertz CT molecular complexity index is 404. The number of phenols is 1. The third-order valence-electron chi connectivity index (χ3n) is 1.90. The Morgan fingerprint density at radius 3 is 2.73 bits per heavy atom. The maximum absolute atomic E-state index is 13.2. The summed E-state index contributed by atoms with van der Waals surface area (Å²) in [6.45, 7) is 1.33. The molecule has 0 saturated heterocycles. The van der Waals surface area contributed by atoms with Gasteiger partial charge in [-0.15, -0.1) is 0 Å². The Morgan fingerprint density at radius 1 is 1.67 bits per heavy atom. The molecule has 0 spiro atoms. The Kier molecular flexibility index (Phi) is 3.52. The van der Waals surface area contributed by atoms with E-state index in [0.717, 1.165) is 6.07 Å². The fraction of sp³-hybridized carbons (Fsp3) is 0.300. The van der Waals surface area contributed by atoms with Crippen molar-refractivity contribution < 1.29 is 19.0 Å². The number of methoxy groups -OCH3 is 1. The van der Waals surface area contributed by atoms with Crippen LogP contribution in [0.4, 0.5) is 4.39 Å². The number of halogens is 2. The van der Waals surface area contributed by atoms with Gasteiger partial charge in [0.2, 0.25) is 0 Å². The molecule has 0 bridgehead atoms. The van der Waals surface area contributed by atoms with Gasteiger partial charge in [0, 0.05) is 18.1 Å². The normalized spacial score (nSPS) is 10.1. The topological polar surface area (TPSA) is 46.5 Å². The largest absolute Gasteiger partial charge is 0.504 e. The molecule has 0 heterocycles. The molecule has 5 heteroatoms. The molecule has 1 aromatic rings. The van der Waals surface area contributed by atoms with Gasteiger partial charge in [-0.1, -0.05) is 11.6 Å². The Morgan fingerprint density at radius 2 is 2.27 bits per heavy atom. The summed E-state index contributed by atoms with van der Waals surface area (Å²) in [5.41, 5.74) is 0.0565. The van der Waals surface area contributed by atoms with Gasteiger partial charge in [0.15, 0.2) is 11.5 Å². The third kappa shape index (κ3) is 2.39. The van der Waals surface area contributed by atoms with Crippen molar-refractivity contribution >= 4 is 17.4 Å². The molecule has 1 N–H and O–H groups in total. The number of rotatable bonds is 3. The third-order valence-corrected chi connectivity index (χ3v) is 2.31. The van der Waals surface area contributed by atoms with Crippen LogP contribution in [0, 0.1) is 5.82 Å². The molecule has 0 atom stereocenters. The summed E-state index contributed by atoms with van der Waals surface area (Å²) in [7, 11) is 1.29. The van der Waals surface area contributed by atoms with Gasteiger partial charge in [-0.25, -0.2) is 4.39 Å². The predicted molar refractivity (Wildman–Crippen MR) is 54.0 cm³/mol. The molecule has 3 nitrogen and oxygen atoms in total. The lowest BCUT2D eigenvalue weighted by molar-refractivity contribution is -0.116. The first-order valence-corrected chi connectivity index (χ1v) is 4.58. The van der Waals surface area contributed by atoms with E-state index in [1.807, 2.05) is 0 Å². The number of carbonyl (C=O) groups is 1. The molecule has 82 valence electrons. The zero-order valence-electron chi connectivity index (χ0n) is 8.30. The quantitative estimate of drug-likeness (QED) is 0.870. The summed E-state index contributed by atoms with van der Waals surface area (Å²) >= 11 is 5.63. The number of hydrogen-bond donors (Lipinski definition) is 1. The zero-order chi connectivity index (χ0) is 11.6. The number of aromatic hydroxyl groups is 1. The van der Waals surface area contributed by atoms with Crippen molar-refractivity contribution in [2.75, 3.05) is 7.11 Å². The monoisotopic (exact) mass is 232 g/mol. The van der Waals surface area contributed by atoms with Crippen LogP contribution in [0.2, 0.25) is 5.02 Å². The van der Waals surface area contributed by atoms with Crippen molar-refractivity contribution in [1.29, 1.82) is 0 Å². The molecule has 0 aliphatic carbocycles. The highest BCUT2D eigenvalue weighted by atomic mass is 35.5. The van der Waals surface area contributed by atoms with Crippen molar-refractivity contribution in [2.24, 2.45) is 0 Å². The van der Waals surface area contributed by atoms with Gasteiger partial charge in [-0.3, -0.25) is 4.79 Å². The van der Waals surface area contributed by atoms with Crippen LogP contribution in [0.5, 0.6) is 11.5 Å². The number of carbonyl (C=O) groups excluding carboxylic acids is 1. The molecule has 1 rings (SSSR count). The lowest BCUT2D eigenvalue weighted by Crippen LogP contribution is -2.00. The molecule has 0 radical (unpaired) electrons.